The second-order valence-electron chi connectivity index (χ2n) is 3.68. The third kappa shape index (κ3) is 4.31. The molecule has 4 nitrogen and oxygen atoms in total. The van der Waals surface area contributed by atoms with Gasteiger partial charge < -0.3 is 15.2 Å². The lowest BCUT2D eigenvalue weighted by molar-refractivity contribution is -0.120. The van der Waals surface area contributed by atoms with Gasteiger partial charge in [-0.05, 0) is 24.6 Å². The molecule has 0 spiro atoms. The lowest BCUT2D eigenvalue weighted by Gasteiger charge is -2.07. The van der Waals surface area contributed by atoms with Gasteiger partial charge in [-0.1, -0.05) is 12.1 Å². The molecule has 0 heterocycles. The number of hydrogen-bond donors (Lipinski definition) is 2. The highest BCUT2D eigenvalue weighted by atomic mass is 16.5. The molecule has 1 aromatic rings. The van der Waals surface area contributed by atoms with Crippen molar-refractivity contribution in [3.63, 3.8) is 0 Å². The lowest BCUT2D eigenvalue weighted by atomic mass is 10.1. The maximum atomic E-state index is 11.4. The van der Waals surface area contributed by atoms with Crippen LogP contribution >= 0.6 is 0 Å². The molecule has 0 saturated heterocycles. The number of aliphatic hydroxyl groups excluding tert-OH is 1. The van der Waals surface area contributed by atoms with Crippen LogP contribution in [-0.2, 0) is 11.2 Å². The zero-order chi connectivity index (χ0) is 12.0. The van der Waals surface area contributed by atoms with Crippen LogP contribution < -0.4 is 10.1 Å². The Morgan fingerprint density at radius 1 is 1.44 bits per heavy atom. The van der Waals surface area contributed by atoms with Crippen molar-refractivity contribution in [1.29, 1.82) is 0 Å². The zero-order valence-corrected chi connectivity index (χ0v) is 9.56. The number of rotatable bonds is 5. The molecule has 1 amide bonds. The number of ether oxygens (including phenoxy) is 1. The van der Waals surface area contributed by atoms with Crippen LogP contribution in [0.3, 0.4) is 0 Å². The minimum absolute atomic E-state index is 0.0916. The van der Waals surface area contributed by atoms with E-state index in [0.29, 0.717) is 6.42 Å². The number of aliphatic hydroxyl groups is 1. The number of nitrogens with one attached hydrogen (secondary N) is 1. The predicted molar refractivity (Wildman–Crippen MR) is 61.4 cm³/mol. The molecule has 0 radical (unpaired) electrons. The van der Waals surface area contributed by atoms with Gasteiger partial charge in [-0.25, -0.2) is 0 Å². The van der Waals surface area contributed by atoms with Crippen LogP contribution in [0, 0.1) is 0 Å². The first kappa shape index (κ1) is 12.5. The molecule has 0 bridgehead atoms. The second kappa shape index (κ2) is 6.12. The Balaban J connectivity index is 2.43. The average molecular weight is 223 g/mol. The summed E-state index contributed by atoms with van der Waals surface area (Å²) in [5.74, 6) is 0.680. The van der Waals surface area contributed by atoms with E-state index in [1.807, 2.05) is 24.3 Å². The molecule has 0 aromatic heterocycles. The maximum absolute atomic E-state index is 11.4. The molecule has 88 valence electrons. The molecule has 0 aliphatic rings. The maximum Gasteiger partial charge on any atom is 0.224 e. The third-order valence-electron chi connectivity index (χ3n) is 2.12. The van der Waals surface area contributed by atoms with Gasteiger partial charge in [0.15, 0.2) is 0 Å². The van der Waals surface area contributed by atoms with E-state index in [2.05, 4.69) is 5.32 Å². The molecule has 1 aromatic carbocycles. The van der Waals surface area contributed by atoms with Crippen LogP contribution in [-0.4, -0.2) is 30.8 Å². The third-order valence-corrected chi connectivity index (χ3v) is 2.12. The molecule has 0 aliphatic heterocycles. The molecule has 1 unspecified atom stereocenters. The Bertz CT molecular complexity index is 333. The van der Waals surface area contributed by atoms with Crippen molar-refractivity contribution in [3.05, 3.63) is 29.8 Å². The van der Waals surface area contributed by atoms with E-state index in [9.17, 15) is 4.79 Å². The van der Waals surface area contributed by atoms with E-state index in [0.717, 1.165) is 11.3 Å². The van der Waals surface area contributed by atoms with Crippen molar-refractivity contribution in [2.24, 2.45) is 0 Å². The SMILES string of the molecule is COc1ccc(CC(=O)NCC(C)O)cc1. The van der Waals surface area contributed by atoms with Crippen molar-refractivity contribution < 1.29 is 14.6 Å². The van der Waals surface area contributed by atoms with E-state index in [-0.39, 0.29) is 12.5 Å². The quantitative estimate of drug-likeness (QED) is 0.774. The first-order valence-electron chi connectivity index (χ1n) is 5.19. The Hall–Kier alpha value is -1.55. The van der Waals surface area contributed by atoms with Gasteiger partial charge in [0.25, 0.3) is 0 Å². The summed E-state index contributed by atoms with van der Waals surface area (Å²) in [7, 11) is 1.60. The highest BCUT2D eigenvalue weighted by molar-refractivity contribution is 5.78. The molecule has 0 fully saturated rings. The smallest absolute Gasteiger partial charge is 0.224 e. The Kier molecular flexibility index (Phi) is 4.79. The van der Waals surface area contributed by atoms with Crippen molar-refractivity contribution in [1.82, 2.24) is 5.32 Å². The van der Waals surface area contributed by atoms with Gasteiger partial charge in [-0.15, -0.1) is 0 Å². The average Bonchev–Trinajstić information content (AvgIpc) is 2.27. The minimum atomic E-state index is -0.514. The molecule has 16 heavy (non-hydrogen) atoms. The topological polar surface area (TPSA) is 58.6 Å². The number of carbonyl (C=O) groups excluding carboxylic acids is 1. The van der Waals surface area contributed by atoms with Crippen LogP contribution in [0.5, 0.6) is 5.75 Å². The van der Waals surface area contributed by atoms with E-state index in [4.69, 9.17) is 9.84 Å². The molecule has 0 saturated carbocycles. The highest BCUT2D eigenvalue weighted by Crippen LogP contribution is 2.11. The summed E-state index contributed by atoms with van der Waals surface area (Å²) in [6, 6.07) is 7.33. The van der Waals surface area contributed by atoms with Gasteiger partial charge in [0.05, 0.1) is 19.6 Å². The van der Waals surface area contributed by atoms with Crippen LogP contribution in [0.2, 0.25) is 0 Å². The monoisotopic (exact) mass is 223 g/mol. The Labute approximate surface area is 95.2 Å². The lowest BCUT2D eigenvalue weighted by Crippen LogP contribution is -2.31. The molecular formula is C12H17NO3. The number of carbonyl (C=O) groups is 1. The highest BCUT2D eigenvalue weighted by Gasteiger charge is 2.04. The van der Waals surface area contributed by atoms with Crippen molar-refractivity contribution in [2.75, 3.05) is 13.7 Å². The van der Waals surface area contributed by atoms with Gasteiger partial charge in [-0.3, -0.25) is 4.79 Å². The van der Waals surface area contributed by atoms with Gasteiger partial charge in [0.2, 0.25) is 5.91 Å². The van der Waals surface area contributed by atoms with Crippen molar-refractivity contribution >= 4 is 5.91 Å². The van der Waals surface area contributed by atoms with Gasteiger partial charge in [0.1, 0.15) is 5.75 Å². The standard InChI is InChI=1S/C12H17NO3/c1-9(14)8-13-12(15)7-10-3-5-11(16-2)6-4-10/h3-6,9,14H,7-8H2,1-2H3,(H,13,15). The van der Waals surface area contributed by atoms with E-state index in [1.54, 1.807) is 14.0 Å². The van der Waals surface area contributed by atoms with Crippen LogP contribution in [0.25, 0.3) is 0 Å². The minimum Gasteiger partial charge on any atom is -0.497 e. The fraction of sp³-hybridized carbons (Fsp3) is 0.417. The predicted octanol–water partition coefficient (Wildman–Crippen LogP) is 0.735. The van der Waals surface area contributed by atoms with E-state index >= 15 is 0 Å². The number of methoxy groups -OCH3 is 1. The summed E-state index contributed by atoms with van der Waals surface area (Å²) in [6.45, 7) is 1.92. The zero-order valence-electron chi connectivity index (χ0n) is 9.56. The fourth-order valence-electron chi connectivity index (χ4n) is 1.25. The summed E-state index contributed by atoms with van der Waals surface area (Å²) < 4.78 is 5.02. The second-order valence-corrected chi connectivity index (χ2v) is 3.68. The van der Waals surface area contributed by atoms with Crippen molar-refractivity contribution in [2.45, 2.75) is 19.4 Å². The summed E-state index contributed by atoms with van der Waals surface area (Å²) in [5.41, 5.74) is 0.920. The number of benzene rings is 1. The molecule has 2 N–H and O–H groups in total. The van der Waals surface area contributed by atoms with E-state index < -0.39 is 6.10 Å². The number of amides is 1. The first-order chi connectivity index (χ1) is 7.61. The van der Waals surface area contributed by atoms with Gasteiger partial charge in [0, 0.05) is 6.54 Å². The summed E-state index contributed by atoms with van der Waals surface area (Å²) in [5, 5.41) is 11.6. The Morgan fingerprint density at radius 3 is 2.56 bits per heavy atom. The summed E-state index contributed by atoms with van der Waals surface area (Å²) >= 11 is 0. The van der Waals surface area contributed by atoms with E-state index in [1.165, 1.54) is 0 Å². The largest absolute Gasteiger partial charge is 0.497 e. The van der Waals surface area contributed by atoms with Crippen LogP contribution in [0.1, 0.15) is 12.5 Å². The fourth-order valence-corrected chi connectivity index (χ4v) is 1.25. The van der Waals surface area contributed by atoms with Crippen LogP contribution in [0.4, 0.5) is 0 Å². The van der Waals surface area contributed by atoms with Crippen molar-refractivity contribution in [3.8, 4) is 5.75 Å². The van der Waals surface area contributed by atoms with Gasteiger partial charge >= 0.3 is 0 Å². The normalized spacial score (nSPS) is 11.9. The van der Waals surface area contributed by atoms with Crippen LogP contribution in [0.15, 0.2) is 24.3 Å². The first-order valence-corrected chi connectivity index (χ1v) is 5.19. The molecule has 0 aliphatic carbocycles. The molecule has 1 rings (SSSR count). The summed E-state index contributed by atoms with van der Waals surface area (Å²) in [6.07, 6.45) is -0.198. The summed E-state index contributed by atoms with van der Waals surface area (Å²) in [4.78, 5) is 11.4. The molecule has 4 heteroatoms. The molecule has 1 atom stereocenters. The molecular weight excluding hydrogens is 206 g/mol. The number of hydrogen-bond acceptors (Lipinski definition) is 3. The Morgan fingerprint density at radius 2 is 2.06 bits per heavy atom. The van der Waals surface area contributed by atoms with Gasteiger partial charge in [-0.2, -0.15) is 0 Å².